The van der Waals surface area contributed by atoms with Gasteiger partial charge < -0.3 is 30.1 Å². The zero-order valence-electron chi connectivity index (χ0n) is 20.8. The lowest BCUT2D eigenvalue weighted by atomic mass is 9.53. The molecule has 1 heterocycles. The Morgan fingerprint density at radius 1 is 1.08 bits per heavy atom. The van der Waals surface area contributed by atoms with Crippen LogP contribution in [0.1, 0.15) is 67.4 Å². The first-order valence-electron chi connectivity index (χ1n) is 12.7. The summed E-state index contributed by atoms with van der Waals surface area (Å²) >= 11 is 0. The minimum atomic E-state index is -1.30. The van der Waals surface area contributed by atoms with Crippen LogP contribution >= 0.6 is 0 Å². The van der Waals surface area contributed by atoms with Crippen molar-refractivity contribution in [3.63, 3.8) is 0 Å². The van der Waals surface area contributed by atoms with Gasteiger partial charge in [-0.2, -0.15) is 0 Å². The van der Waals surface area contributed by atoms with Crippen LogP contribution in [0.15, 0.2) is 42.5 Å². The molecular weight excluding hydrogens is 462 g/mol. The molecule has 2 aromatic rings. The minimum absolute atomic E-state index is 0.0500. The Hall–Kier alpha value is -3.26. The molecule has 0 aromatic heterocycles. The smallest absolute Gasteiger partial charge is 0.507 e. The number of piperidine rings is 1. The highest BCUT2D eigenvalue weighted by Gasteiger charge is 2.51. The molecule has 2 aliphatic carbocycles. The average Bonchev–Trinajstić information content (AvgIpc) is 2.84. The third-order valence-corrected chi connectivity index (χ3v) is 7.77. The van der Waals surface area contributed by atoms with E-state index >= 15 is 0 Å². The predicted octanol–water partition coefficient (Wildman–Crippen LogP) is 5.18. The van der Waals surface area contributed by atoms with Crippen LogP contribution in [0.25, 0.3) is 0 Å². The minimum Gasteiger partial charge on any atom is -0.507 e. The highest BCUT2D eigenvalue weighted by Crippen LogP contribution is 2.54. The molecule has 2 aromatic carbocycles. The van der Waals surface area contributed by atoms with Crippen LogP contribution < -0.4 is 10.1 Å². The second-order valence-electron chi connectivity index (χ2n) is 10.3. The number of carboxylic acid groups (broad SMARTS) is 2. The second-order valence-corrected chi connectivity index (χ2v) is 10.3. The molecule has 0 spiro atoms. The Morgan fingerprint density at radius 3 is 2.53 bits per heavy atom. The Labute approximate surface area is 211 Å². The van der Waals surface area contributed by atoms with Crippen molar-refractivity contribution in [2.75, 3.05) is 6.54 Å². The summed E-state index contributed by atoms with van der Waals surface area (Å²) in [5.74, 6) is 0.0717. The van der Waals surface area contributed by atoms with Crippen LogP contribution in [0.4, 0.5) is 4.79 Å². The number of para-hydroxylation sites is 1. The first-order chi connectivity index (χ1) is 17.2. The van der Waals surface area contributed by atoms with Crippen molar-refractivity contribution in [2.45, 2.75) is 70.1 Å². The van der Waals surface area contributed by atoms with Gasteiger partial charge in [-0.05, 0) is 73.5 Å². The van der Waals surface area contributed by atoms with E-state index in [0.29, 0.717) is 12.0 Å². The molecule has 0 radical (unpaired) electrons. The topological polar surface area (TPSA) is 125 Å². The van der Waals surface area contributed by atoms with Crippen molar-refractivity contribution >= 4 is 12.1 Å². The van der Waals surface area contributed by atoms with E-state index in [1.807, 2.05) is 19.9 Å². The molecule has 8 heteroatoms. The fraction of sp³-hybridized carbons (Fsp3) is 0.500. The van der Waals surface area contributed by atoms with Gasteiger partial charge in [-0.3, -0.25) is 0 Å². The van der Waals surface area contributed by atoms with E-state index in [9.17, 15) is 9.59 Å². The summed E-state index contributed by atoms with van der Waals surface area (Å²) in [6.07, 6.45) is 5.38. The van der Waals surface area contributed by atoms with Gasteiger partial charge in [0, 0.05) is 17.4 Å². The van der Waals surface area contributed by atoms with Gasteiger partial charge in [0.05, 0.1) is 0 Å². The quantitative estimate of drug-likeness (QED) is 0.329. The van der Waals surface area contributed by atoms with Crippen LogP contribution in [0.3, 0.4) is 0 Å². The van der Waals surface area contributed by atoms with Gasteiger partial charge in [-0.25, -0.2) is 9.59 Å². The molecule has 2 bridgehead atoms. The van der Waals surface area contributed by atoms with E-state index in [2.05, 4.69) is 17.4 Å². The van der Waals surface area contributed by atoms with Gasteiger partial charge in [0.25, 0.3) is 0 Å². The normalized spacial score (nSPS) is 24.9. The lowest BCUT2D eigenvalue weighted by Gasteiger charge is -2.56. The third kappa shape index (κ3) is 5.28. The Morgan fingerprint density at radius 2 is 1.86 bits per heavy atom. The zero-order chi connectivity index (χ0) is 25.9. The number of phenols is 1. The molecule has 4 atom stereocenters. The molecule has 0 amide bonds. The van der Waals surface area contributed by atoms with E-state index in [-0.39, 0.29) is 22.6 Å². The molecule has 194 valence electrons. The van der Waals surface area contributed by atoms with Crippen molar-refractivity contribution in [3.05, 3.63) is 59.2 Å². The number of carbonyl (C=O) groups is 2. The molecule has 1 saturated carbocycles. The second kappa shape index (κ2) is 10.8. The van der Waals surface area contributed by atoms with Crippen molar-refractivity contribution in [3.8, 4) is 11.5 Å². The number of hydrogen-bond donors (Lipinski definition) is 4. The summed E-state index contributed by atoms with van der Waals surface area (Å²) in [6, 6.07) is 12.7. The van der Waals surface area contributed by atoms with Crippen molar-refractivity contribution in [2.24, 2.45) is 11.8 Å². The van der Waals surface area contributed by atoms with Crippen LogP contribution in [-0.2, 0) is 16.6 Å². The number of ether oxygens (including phenoxy) is 2. The molecule has 2 fully saturated rings. The van der Waals surface area contributed by atoms with Gasteiger partial charge in [0.2, 0.25) is 6.29 Å². The summed E-state index contributed by atoms with van der Waals surface area (Å²) in [4.78, 5) is 21.2. The van der Waals surface area contributed by atoms with Gasteiger partial charge >= 0.3 is 12.1 Å². The summed E-state index contributed by atoms with van der Waals surface area (Å²) in [5, 5.41) is 30.0. The molecule has 1 unspecified atom stereocenters. The number of benzene rings is 2. The molecular formula is C28H35NO7. The molecule has 8 nitrogen and oxygen atoms in total. The van der Waals surface area contributed by atoms with Crippen LogP contribution in [0, 0.1) is 11.8 Å². The summed E-state index contributed by atoms with van der Waals surface area (Å²) in [6.45, 7) is 4.89. The largest absolute Gasteiger partial charge is 0.508 e. The highest BCUT2D eigenvalue weighted by atomic mass is 16.8. The number of rotatable bonds is 5. The van der Waals surface area contributed by atoms with E-state index in [4.69, 9.17) is 24.8 Å². The van der Waals surface area contributed by atoms with Crippen molar-refractivity contribution < 1.29 is 34.4 Å². The van der Waals surface area contributed by atoms with Gasteiger partial charge in [0.1, 0.15) is 17.1 Å². The fourth-order valence-electron chi connectivity index (χ4n) is 6.16. The summed E-state index contributed by atoms with van der Waals surface area (Å²) in [5.41, 5.74) is 3.06. The fourth-order valence-corrected chi connectivity index (χ4v) is 6.16. The van der Waals surface area contributed by atoms with Gasteiger partial charge in [-0.15, -0.1) is 0 Å². The number of carboxylic acids is 1. The zero-order valence-corrected chi connectivity index (χ0v) is 20.8. The third-order valence-electron chi connectivity index (χ3n) is 7.77. The Balaban J connectivity index is 0.000000256. The maximum atomic E-state index is 11.0. The van der Waals surface area contributed by atoms with Crippen molar-refractivity contribution in [1.82, 2.24) is 5.32 Å². The molecule has 4 N–H and O–H groups in total. The van der Waals surface area contributed by atoms with Crippen LogP contribution in [-0.4, -0.2) is 46.3 Å². The molecule has 1 aliphatic heterocycles. The number of aromatic hydroxyl groups is 1. The SMILES string of the molecule is CC(C)C(OC(=O)O)Oc1ccc2c(c1)[C@@]13CCCC[C@H]1[C@@H](C2)NCC3.O=C(O)c1ccccc1O. The lowest BCUT2D eigenvalue weighted by Crippen LogP contribution is -2.59. The van der Waals surface area contributed by atoms with Gasteiger partial charge in [0.15, 0.2) is 0 Å². The van der Waals surface area contributed by atoms with E-state index in [0.717, 1.165) is 18.7 Å². The van der Waals surface area contributed by atoms with E-state index in [1.165, 1.54) is 55.4 Å². The Bertz CT molecular complexity index is 1100. The standard InChI is InChI=1S/C21H29NO4.C7H6O3/c1-13(2)19(26-20(23)24)25-15-7-6-14-11-18-16-5-3-4-8-21(16,9-10-22-18)17(14)12-15;8-6-4-2-1-3-5(6)7(9)10/h6-7,12-13,16,18-19,22H,3-5,8-11H2,1-2H3,(H,23,24);1-4,8H,(H,9,10)/t16-,18+,19?,21+;/m0./s1. The number of hydrogen-bond acceptors (Lipinski definition) is 6. The van der Waals surface area contributed by atoms with Crippen LogP contribution in [0.5, 0.6) is 11.5 Å². The monoisotopic (exact) mass is 497 g/mol. The Kier molecular flexibility index (Phi) is 7.73. The van der Waals surface area contributed by atoms with E-state index in [1.54, 1.807) is 12.1 Å². The first-order valence-corrected chi connectivity index (χ1v) is 12.7. The predicted molar refractivity (Wildman–Crippen MR) is 134 cm³/mol. The summed E-state index contributed by atoms with van der Waals surface area (Å²) in [7, 11) is 0. The first kappa shape index (κ1) is 25.8. The molecule has 1 saturated heterocycles. The highest BCUT2D eigenvalue weighted by molar-refractivity contribution is 5.90. The number of aromatic carboxylic acids is 1. The maximum absolute atomic E-state index is 11.0. The number of fused-ring (bicyclic) bond motifs is 1. The van der Waals surface area contributed by atoms with Crippen LogP contribution in [0.2, 0.25) is 0 Å². The lowest BCUT2D eigenvalue weighted by molar-refractivity contribution is -0.0794. The average molecular weight is 498 g/mol. The van der Waals surface area contributed by atoms with Gasteiger partial charge in [-0.1, -0.05) is 44.9 Å². The molecule has 3 aliphatic rings. The summed E-state index contributed by atoms with van der Waals surface area (Å²) < 4.78 is 10.9. The van der Waals surface area contributed by atoms with E-state index < -0.39 is 18.4 Å². The maximum Gasteiger partial charge on any atom is 0.508 e. The molecule has 36 heavy (non-hydrogen) atoms. The van der Waals surface area contributed by atoms with Crippen molar-refractivity contribution in [1.29, 1.82) is 0 Å². The number of nitrogens with one attached hydrogen (secondary N) is 1. The molecule has 5 rings (SSSR count).